The molecule has 1 aromatic carbocycles. The van der Waals surface area contributed by atoms with E-state index < -0.39 is 0 Å². The molecule has 0 saturated carbocycles. The normalized spacial score (nSPS) is 11.6. The molecule has 0 radical (unpaired) electrons. The van der Waals surface area contributed by atoms with Gasteiger partial charge in [-0.05, 0) is 24.1 Å². The number of rotatable bonds is 3. The topological polar surface area (TPSA) is 17.1 Å². The van der Waals surface area contributed by atoms with Gasteiger partial charge in [-0.25, -0.2) is 4.39 Å². The lowest BCUT2D eigenvalue weighted by molar-refractivity contribution is -0.126. The van der Waals surface area contributed by atoms with Crippen molar-refractivity contribution in [1.29, 1.82) is 0 Å². The van der Waals surface area contributed by atoms with Crippen molar-refractivity contribution in [3.8, 4) is 0 Å². The largest absolute Gasteiger partial charge is 0.299 e. The predicted octanol–water partition coefficient (Wildman–Crippen LogP) is 4.03. The van der Waals surface area contributed by atoms with Crippen molar-refractivity contribution in [1.82, 2.24) is 0 Å². The van der Waals surface area contributed by atoms with E-state index in [0.29, 0.717) is 23.4 Å². The Bertz CT molecular complexity index is 393. The summed E-state index contributed by atoms with van der Waals surface area (Å²) in [5.41, 5.74) is 0.185. The van der Waals surface area contributed by atoms with E-state index in [1.54, 1.807) is 12.1 Å². The van der Waals surface area contributed by atoms with E-state index in [-0.39, 0.29) is 17.0 Å². The van der Waals surface area contributed by atoms with Gasteiger partial charge in [-0.15, -0.1) is 0 Å². The van der Waals surface area contributed by atoms with Crippen LogP contribution < -0.4 is 0 Å². The zero-order valence-electron chi connectivity index (χ0n) is 9.81. The van der Waals surface area contributed by atoms with Gasteiger partial charge in [0.2, 0.25) is 0 Å². The summed E-state index contributed by atoms with van der Waals surface area (Å²) in [6.45, 7) is 5.61. The molecule has 0 fully saturated rings. The molecule has 1 rings (SSSR count). The molecule has 0 unspecified atom stereocenters. The summed E-state index contributed by atoms with van der Waals surface area (Å²) >= 11 is 5.65. The minimum atomic E-state index is -0.358. The maximum atomic E-state index is 13.4. The van der Waals surface area contributed by atoms with Crippen molar-refractivity contribution in [3.05, 3.63) is 34.6 Å². The van der Waals surface area contributed by atoms with Gasteiger partial charge in [-0.2, -0.15) is 0 Å². The van der Waals surface area contributed by atoms with Crippen LogP contribution in [0.2, 0.25) is 5.02 Å². The number of benzene rings is 1. The third kappa shape index (κ3) is 3.60. The van der Waals surface area contributed by atoms with Crippen LogP contribution in [0.1, 0.15) is 32.8 Å². The van der Waals surface area contributed by atoms with Crippen molar-refractivity contribution in [2.75, 3.05) is 0 Å². The third-order valence-corrected chi connectivity index (χ3v) is 2.71. The van der Waals surface area contributed by atoms with Gasteiger partial charge < -0.3 is 0 Å². The van der Waals surface area contributed by atoms with Crippen LogP contribution in [0.15, 0.2) is 18.2 Å². The van der Waals surface area contributed by atoms with Crippen LogP contribution >= 0.6 is 11.6 Å². The minimum absolute atomic E-state index is 0.141. The Kier molecular flexibility index (Phi) is 4.09. The maximum absolute atomic E-state index is 13.4. The summed E-state index contributed by atoms with van der Waals surface area (Å²) in [7, 11) is 0. The lowest BCUT2D eigenvalue weighted by atomic mass is 9.87. The summed E-state index contributed by atoms with van der Waals surface area (Å²) in [6, 6.07) is 4.55. The molecule has 0 heterocycles. The average Bonchev–Trinajstić information content (AvgIpc) is 2.14. The molecule has 1 aromatic rings. The van der Waals surface area contributed by atoms with E-state index >= 15 is 0 Å². The van der Waals surface area contributed by atoms with Crippen LogP contribution in [0.3, 0.4) is 0 Å². The molecule has 0 spiro atoms. The van der Waals surface area contributed by atoms with Crippen LogP contribution in [0.25, 0.3) is 0 Å². The Morgan fingerprint density at radius 1 is 1.38 bits per heavy atom. The van der Waals surface area contributed by atoms with E-state index in [1.165, 1.54) is 6.07 Å². The molecule has 0 aliphatic heterocycles. The van der Waals surface area contributed by atoms with Crippen LogP contribution in [-0.2, 0) is 11.2 Å². The molecule has 1 nitrogen and oxygen atoms in total. The Morgan fingerprint density at radius 2 is 2.00 bits per heavy atom. The van der Waals surface area contributed by atoms with Crippen molar-refractivity contribution < 1.29 is 9.18 Å². The summed E-state index contributed by atoms with van der Waals surface area (Å²) in [4.78, 5) is 11.7. The highest BCUT2D eigenvalue weighted by Gasteiger charge is 2.20. The van der Waals surface area contributed by atoms with Crippen molar-refractivity contribution in [3.63, 3.8) is 0 Å². The monoisotopic (exact) mass is 242 g/mol. The molecule has 0 aliphatic carbocycles. The molecule has 0 atom stereocenters. The molecule has 0 aliphatic rings. The summed E-state index contributed by atoms with van der Waals surface area (Å²) in [5.74, 6) is -0.198. The number of carbonyl (C=O) groups excluding carboxylic acids is 1. The number of Topliss-reactive ketones (excluding diaryl/α,β-unsaturated/α-hetero) is 1. The van der Waals surface area contributed by atoms with Gasteiger partial charge in [0.05, 0.1) is 0 Å². The fourth-order valence-electron chi connectivity index (χ4n) is 1.35. The second-order valence-corrected chi connectivity index (χ2v) is 5.35. The van der Waals surface area contributed by atoms with Gasteiger partial charge in [0.15, 0.2) is 0 Å². The standard InChI is InChI=1S/C13H16ClFO/c1-13(2,3)12(16)7-5-9-4-6-10(14)8-11(9)15/h4,6,8H,5,7H2,1-3H3. The Balaban J connectivity index is 2.65. The third-order valence-electron chi connectivity index (χ3n) is 2.47. The Labute approximate surface area is 101 Å². The van der Waals surface area contributed by atoms with E-state index in [4.69, 9.17) is 11.6 Å². The molecule has 16 heavy (non-hydrogen) atoms. The molecule has 0 bridgehead atoms. The highest BCUT2D eigenvalue weighted by Crippen LogP contribution is 2.20. The quantitative estimate of drug-likeness (QED) is 0.782. The van der Waals surface area contributed by atoms with Crippen molar-refractivity contribution >= 4 is 17.4 Å². The van der Waals surface area contributed by atoms with Gasteiger partial charge in [-0.3, -0.25) is 4.79 Å². The first-order valence-electron chi connectivity index (χ1n) is 5.28. The Morgan fingerprint density at radius 3 is 2.50 bits per heavy atom. The van der Waals surface area contributed by atoms with Crippen molar-refractivity contribution in [2.45, 2.75) is 33.6 Å². The lowest BCUT2D eigenvalue weighted by Crippen LogP contribution is -2.20. The fraction of sp³-hybridized carbons (Fsp3) is 0.462. The van der Waals surface area contributed by atoms with E-state index in [2.05, 4.69) is 0 Å². The summed E-state index contributed by atoms with van der Waals surface area (Å²) in [5, 5.41) is 0.378. The van der Waals surface area contributed by atoms with Gasteiger partial charge in [0.25, 0.3) is 0 Å². The lowest BCUT2D eigenvalue weighted by Gasteiger charge is -2.16. The number of carbonyl (C=O) groups is 1. The number of halogens is 2. The molecule has 3 heteroatoms. The van der Waals surface area contributed by atoms with Gasteiger partial charge in [0, 0.05) is 16.9 Å². The van der Waals surface area contributed by atoms with Crippen LogP contribution in [0, 0.1) is 11.2 Å². The summed E-state index contributed by atoms with van der Waals surface area (Å²) < 4.78 is 13.4. The number of aryl methyl sites for hydroxylation is 1. The molecule has 0 saturated heterocycles. The molecule has 0 amide bonds. The van der Waals surface area contributed by atoms with E-state index in [0.717, 1.165) is 0 Å². The summed E-state index contributed by atoms with van der Waals surface area (Å²) in [6.07, 6.45) is 0.793. The van der Waals surface area contributed by atoms with E-state index in [1.807, 2.05) is 20.8 Å². The van der Waals surface area contributed by atoms with Gasteiger partial charge in [-0.1, -0.05) is 38.4 Å². The highest BCUT2D eigenvalue weighted by molar-refractivity contribution is 6.30. The van der Waals surface area contributed by atoms with E-state index in [9.17, 15) is 9.18 Å². The number of ketones is 1. The maximum Gasteiger partial charge on any atom is 0.138 e. The SMILES string of the molecule is CC(C)(C)C(=O)CCc1ccc(Cl)cc1F. The molecular formula is C13H16ClFO. The van der Waals surface area contributed by atoms with Crippen LogP contribution in [0.5, 0.6) is 0 Å². The first-order chi connectivity index (χ1) is 7.30. The minimum Gasteiger partial charge on any atom is -0.299 e. The molecule has 0 aromatic heterocycles. The van der Waals surface area contributed by atoms with Crippen LogP contribution in [-0.4, -0.2) is 5.78 Å². The van der Waals surface area contributed by atoms with Gasteiger partial charge >= 0.3 is 0 Å². The number of hydrogen-bond acceptors (Lipinski definition) is 1. The fourth-order valence-corrected chi connectivity index (χ4v) is 1.51. The molecule has 0 N–H and O–H groups in total. The smallest absolute Gasteiger partial charge is 0.138 e. The second-order valence-electron chi connectivity index (χ2n) is 4.91. The van der Waals surface area contributed by atoms with Crippen LogP contribution in [0.4, 0.5) is 4.39 Å². The average molecular weight is 243 g/mol. The zero-order chi connectivity index (χ0) is 12.3. The first-order valence-corrected chi connectivity index (χ1v) is 5.66. The number of hydrogen-bond donors (Lipinski definition) is 0. The Hall–Kier alpha value is -0.890. The molecule has 88 valence electrons. The molecular weight excluding hydrogens is 227 g/mol. The highest BCUT2D eigenvalue weighted by atomic mass is 35.5. The first kappa shape index (κ1) is 13.2. The van der Waals surface area contributed by atoms with Crippen molar-refractivity contribution in [2.24, 2.45) is 5.41 Å². The predicted molar refractivity (Wildman–Crippen MR) is 64.2 cm³/mol. The zero-order valence-corrected chi connectivity index (χ0v) is 10.6. The van der Waals surface area contributed by atoms with Gasteiger partial charge in [0.1, 0.15) is 11.6 Å². The second kappa shape index (κ2) is 4.96.